The Kier molecular flexibility index (Phi) is 5.33. The summed E-state index contributed by atoms with van der Waals surface area (Å²) in [4.78, 5) is 4.36. The third kappa shape index (κ3) is 4.22. The monoisotopic (exact) mass is 269 g/mol. The maximum Gasteiger partial charge on any atom is 0.240 e. The first kappa shape index (κ1) is 14.3. The highest BCUT2D eigenvalue weighted by Crippen LogP contribution is 2.07. The minimum Gasteiger partial charge on any atom is -0.338 e. The average Bonchev–Trinajstić information content (AvgIpc) is 2.92. The zero-order chi connectivity index (χ0) is 14.2. The van der Waals surface area contributed by atoms with Crippen molar-refractivity contribution in [3.05, 3.63) is 47.6 Å². The summed E-state index contributed by atoms with van der Waals surface area (Å²) >= 11 is 0. The number of nitrogens with one attached hydrogen (secondary N) is 1. The SMILES string of the molecule is C#CC(CCC)NCc1nc(Cc2ccccc2)no1. The van der Waals surface area contributed by atoms with Crippen LogP contribution in [0.1, 0.15) is 37.0 Å². The molecule has 4 nitrogen and oxygen atoms in total. The Labute approximate surface area is 119 Å². The molecule has 1 N–H and O–H groups in total. The van der Waals surface area contributed by atoms with E-state index < -0.39 is 0 Å². The van der Waals surface area contributed by atoms with Crippen LogP contribution in [0.15, 0.2) is 34.9 Å². The number of aromatic nitrogens is 2. The van der Waals surface area contributed by atoms with Crippen LogP contribution in [0.5, 0.6) is 0 Å². The van der Waals surface area contributed by atoms with Gasteiger partial charge in [-0.3, -0.25) is 5.32 Å². The lowest BCUT2D eigenvalue weighted by molar-refractivity contribution is 0.358. The first-order valence-electron chi connectivity index (χ1n) is 6.86. The van der Waals surface area contributed by atoms with Gasteiger partial charge in [0.1, 0.15) is 0 Å². The van der Waals surface area contributed by atoms with Gasteiger partial charge in [0.15, 0.2) is 5.82 Å². The molecule has 1 unspecified atom stereocenters. The number of nitrogens with zero attached hydrogens (tertiary/aromatic N) is 2. The quantitative estimate of drug-likeness (QED) is 0.785. The molecule has 0 aliphatic carbocycles. The number of hydrogen-bond donors (Lipinski definition) is 1. The van der Waals surface area contributed by atoms with E-state index >= 15 is 0 Å². The average molecular weight is 269 g/mol. The molecule has 0 amide bonds. The van der Waals surface area contributed by atoms with Gasteiger partial charge >= 0.3 is 0 Å². The Hall–Kier alpha value is -2.12. The molecule has 1 aromatic carbocycles. The largest absolute Gasteiger partial charge is 0.338 e. The minimum absolute atomic E-state index is 0.0597. The van der Waals surface area contributed by atoms with Crippen molar-refractivity contribution in [3.63, 3.8) is 0 Å². The lowest BCUT2D eigenvalue weighted by Gasteiger charge is -2.08. The third-order valence-corrected chi connectivity index (χ3v) is 2.99. The molecular weight excluding hydrogens is 250 g/mol. The molecule has 1 aromatic heterocycles. The fourth-order valence-corrected chi connectivity index (χ4v) is 1.96. The van der Waals surface area contributed by atoms with Crippen LogP contribution in [0, 0.1) is 12.3 Å². The van der Waals surface area contributed by atoms with Crippen LogP contribution in [0.2, 0.25) is 0 Å². The molecule has 0 bridgehead atoms. The van der Waals surface area contributed by atoms with Gasteiger partial charge in [0.2, 0.25) is 5.89 Å². The number of hydrogen-bond acceptors (Lipinski definition) is 4. The van der Waals surface area contributed by atoms with E-state index in [2.05, 4.69) is 28.3 Å². The summed E-state index contributed by atoms with van der Waals surface area (Å²) in [7, 11) is 0. The van der Waals surface area contributed by atoms with Crippen LogP contribution in [-0.4, -0.2) is 16.2 Å². The summed E-state index contributed by atoms with van der Waals surface area (Å²) in [5.41, 5.74) is 1.17. The van der Waals surface area contributed by atoms with Gasteiger partial charge in [0.05, 0.1) is 12.6 Å². The van der Waals surface area contributed by atoms with Gasteiger partial charge in [-0.1, -0.05) is 54.8 Å². The zero-order valence-corrected chi connectivity index (χ0v) is 11.7. The van der Waals surface area contributed by atoms with Gasteiger partial charge in [-0.2, -0.15) is 4.98 Å². The minimum atomic E-state index is 0.0597. The molecule has 104 valence electrons. The second-order valence-electron chi connectivity index (χ2n) is 4.66. The van der Waals surface area contributed by atoms with E-state index in [-0.39, 0.29) is 6.04 Å². The second-order valence-corrected chi connectivity index (χ2v) is 4.66. The second kappa shape index (κ2) is 7.46. The van der Waals surface area contributed by atoms with Crippen molar-refractivity contribution < 1.29 is 4.52 Å². The van der Waals surface area contributed by atoms with Gasteiger partial charge in [-0.25, -0.2) is 0 Å². The van der Waals surface area contributed by atoms with Crippen molar-refractivity contribution in [2.24, 2.45) is 0 Å². The molecule has 2 aromatic rings. The zero-order valence-electron chi connectivity index (χ0n) is 11.7. The van der Waals surface area contributed by atoms with Crippen LogP contribution in [0.3, 0.4) is 0 Å². The van der Waals surface area contributed by atoms with Gasteiger partial charge in [0, 0.05) is 6.42 Å². The summed E-state index contributed by atoms with van der Waals surface area (Å²) in [5, 5.41) is 7.21. The number of benzene rings is 1. The molecule has 0 saturated carbocycles. The van der Waals surface area contributed by atoms with Gasteiger partial charge in [-0.15, -0.1) is 6.42 Å². The molecule has 0 spiro atoms. The van der Waals surface area contributed by atoms with Crippen LogP contribution in [-0.2, 0) is 13.0 Å². The fraction of sp³-hybridized carbons (Fsp3) is 0.375. The highest BCUT2D eigenvalue weighted by molar-refractivity contribution is 5.18. The van der Waals surface area contributed by atoms with E-state index in [0.29, 0.717) is 24.7 Å². The van der Waals surface area contributed by atoms with Gasteiger partial charge in [0.25, 0.3) is 0 Å². The van der Waals surface area contributed by atoms with Crippen LogP contribution in [0.4, 0.5) is 0 Å². The first-order valence-corrected chi connectivity index (χ1v) is 6.86. The Morgan fingerprint density at radius 1 is 1.35 bits per heavy atom. The predicted molar refractivity (Wildman–Crippen MR) is 77.9 cm³/mol. The van der Waals surface area contributed by atoms with Crippen molar-refractivity contribution in [1.82, 2.24) is 15.5 Å². The summed E-state index contributed by atoms with van der Waals surface area (Å²) in [5.74, 6) is 3.99. The fourth-order valence-electron chi connectivity index (χ4n) is 1.96. The van der Waals surface area contributed by atoms with E-state index in [9.17, 15) is 0 Å². The summed E-state index contributed by atoms with van der Waals surface area (Å²) in [6.45, 7) is 2.62. The molecule has 0 radical (unpaired) electrons. The highest BCUT2D eigenvalue weighted by Gasteiger charge is 2.09. The third-order valence-electron chi connectivity index (χ3n) is 2.99. The first-order chi connectivity index (χ1) is 9.81. The van der Waals surface area contributed by atoms with Crippen molar-refractivity contribution in [3.8, 4) is 12.3 Å². The summed E-state index contributed by atoms with van der Waals surface area (Å²) in [6.07, 6.45) is 8.12. The topological polar surface area (TPSA) is 51.0 Å². The molecule has 4 heteroatoms. The van der Waals surface area contributed by atoms with Crippen molar-refractivity contribution in [2.45, 2.75) is 38.8 Å². The van der Waals surface area contributed by atoms with Gasteiger partial charge in [-0.05, 0) is 12.0 Å². The molecule has 0 aliphatic heterocycles. The van der Waals surface area contributed by atoms with Crippen LogP contribution >= 0.6 is 0 Å². The van der Waals surface area contributed by atoms with Crippen molar-refractivity contribution >= 4 is 0 Å². The molecule has 1 heterocycles. The molecule has 1 atom stereocenters. The number of rotatable bonds is 7. The lowest BCUT2D eigenvalue weighted by Crippen LogP contribution is -2.26. The molecule has 0 fully saturated rings. The highest BCUT2D eigenvalue weighted by atomic mass is 16.5. The predicted octanol–water partition coefficient (Wildman–Crippen LogP) is 2.55. The van der Waals surface area contributed by atoms with Crippen LogP contribution in [0.25, 0.3) is 0 Å². The maximum absolute atomic E-state index is 5.45. The van der Waals surface area contributed by atoms with Gasteiger partial charge < -0.3 is 4.52 Å². The van der Waals surface area contributed by atoms with Crippen molar-refractivity contribution in [1.29, 1.82) is 0 Å². The van der Waals surface area contributed by atoms with Crippen molar-refractivity contribution in [2.75, 3.05) is 0 Å². The Bertz CT molecular complexity index is 557. The van der Waals surface area contributed by atoms with E-state index in [1.165, 1.54) is 5.56 Å². The molecular formula is C16H19N3O. The van der Waals surface area contributed by atoms with E-state index in [1.807, 2.05) is 30.3 Å². The lowest BCUT2D eigenvalue weighted by atomic mass is 10.1. The van der Waals surface area contributed by atoms with Crippen LogP contribution < -0.4 is 5.32 Å². The summed E-state index contributed by atoms with van der Waals surface area (Å²) in [6, 6.07) is 10.1. The molecule has 2 rings (SSSR count). The van der Waals surface area contributed by atoms with E-state index in [1.54, 1.807) is 0 Å². The standard InChI is InChI=1S/C16H19N3O/c1-3-8-14(4-2)17-12-16-18-15(19-20-16)11-13-9-6-5-7-10-13/h2,5-7,9-10,14,17H,3,8,11-12H2,1H3. The Morgan fingerprint density at radius 2 is 2.15 bits per heavy atom. The molecule has 0 saturated heterocycles. The normalized spacial score (nSPS) is 12.0. The number of terminal acetylenes is 1. The smallest absolute Gasteiger partial charge is 0.240 e. The Morgan fingerprint density at radius 3 is 2.85 bits per heavy atom. The van der Waals surface area contributed by atoms with E-state index in [4.69, 9.17) is 10.9 Å². The molecule has 20 heavy (non-hydrogen) atoms. The summed E-state index contributed by atoms with van der Waals surface area (Å²) < 4.78 is 5.22. The molecule has 0 aliphatic rings. The Balaban J connectivity index is 1.88. The maximum atomic E-state index is 5.45. The van der Waals surface area contributed by atoms with E-state index in [0.717, 1.165) is 12.8 Å².